The monoisotopic (exact) mass is 432 g/mol. The highest BCUT2D eigenvalue weighted by Gasteiger charge is 2.22. The fourth-order valence-corrected chi connectivity index (χ4v) is 3.55. The quantitative estimate of drug-likeness (QED) is 0.414. The molecule has 0 aliphatic carbocycles. The number of aryl methyl sites for hydroxylation is 1. The number of hydrogen-bond acceptors (Lipinski definition) is 3. The Bertz CT molecular complexity index is 809. The Morgan fingerprint density at radius 2 is 1.71 bits per heavy atom. The summed E-state index contributed by atoms with van der Waals surface area (Å²) in [6, 6.07) is 10.8. The van der Waals surface area contributed by atoms with E-state index in [1.54, 1.807) is 0 Å². The first kappa shape index (κ1) is 25.0. The van der Waals surface area contributed by atoms with Crippen molar-refractivity contribution < 1.29 is 18.7 Å². The van der Waals surface area contributed by atoms with Gasteiger partial charge in [0.15, 0.2) is 0 Å². The summed E-state index contributed by atoms with van der Waals surface area (Å²) in [5, 5.41) is 16.8. The van der Waals surface area contributed by atoms with E-state index in [0.717, 1.165) is 37.3 Å². The average molecular weight is 433 g/mol. The number of carbonyl (C=O) groups excluding carboxylic acids is 1. The van der Waals surface area contributed by atoms with E-state index in [1.165, 1.54) is 17.7 Å². The molecule has 2 aromatic rings. The SMILES string of the molecule is CCCCCC(=O)N[C@@H](Cc1cc(F)cc(F)c1)[C@H](O)CNCc1cccc(CC)c1. The Kier molecular flexibility index (Phi) is 10.6. The molecule has 0 spiro atoms. The topological polar surface area (TPSA) is 61.4 Å². The smallest absolute Gasteiger partial charge is 0.220 e. The third-order valence-corrected chi connectivity index (χ3v) is 5.28. The summed E-state index contributed by atoms with van der Waals surface area (Å²) < 4.78 is 27.2. The molecule has 3 N–H and O–H groups in total. The van der Waals surface area contributed by atoms with Gasteiger partial charge in [0.25, 0.3) is 0 Å². The van der Waals surface area contributed by atoms with Crippen LogP contribution in [0.4, 0.5) is 8.78 Å². The molecule has 0 aromatic heterocycles. The molecule has 0 bridgehead atoms. The van der Waals surface area contributed by atoms with Gasteiger partial charge in [0, 0.05) is 25.6 Å². The average Bonchev–Trinajstić information content (AvgIpc) is 2.73. The van der Waals surface area contributed by atoms with E-state index >= 15 is 0 Å². The summed E-state index contributed by atoms with van der Waals surface area (Å²) in [6.07, 6.45) is 3.28. The zero-order valence-corrected chi connectivity index (χ0v) is 18.5. The first-order valence-electron chi connectivity index (χ1n) is 11.1. The Morgan fingerprint density at radius 3 is 2.39 bits per heavy atom. The second kappa shape index (κ2) is 13.2. The minimum Gasteiger partial charge on any atom is -0.390 e. The van der Waals surface area contributed by atoms with E-state index in [9.17, 15) is 18.7 Å². The van der Waals surface area contributed by atoms with Crippen LogP contribution in [-0.2, 0) is 24.2 Å². The van der Waals surface area contributed by atoms with Gasteiger partial charge in [-0.2, -0.15) is 0 Å². The highest BCUT2D eigenvalue weighted by molar-refractivity contribution is 5.76. The summed E-state index contributed by atoms with van der Waals surface area (Å²) >= 11 is 0. The molecule has 0 aliphatic heterocycles. The number of aliphatic hydroxyl groups excluding tert-OH is 1. The molecule has 2 aromatic carbocycles. The third-order valence-electron chi connectivity index (χ3n) is 5.28. The van der Waals surface area contributed by atoms with Gasteiger partial charge in [-0.1, -0.05) is 51.0 Å². The molecule has 0 aliphatic rings. The Balaban J connectivity index is 1.99. The van der Waals surface area contributed by atoms with E-state index in [0.29, 0.717) is 18.5 Å². The molecular formula is C25H34F2N2O2. The van der Waals surface area contributed by atoms with Gasteiger partial charge in [0.2, 0.25) is 5.91 Å². The molecule has 0 saturated carbocycles. The van der Waals surface area contributed by atoms with Gasteiger partial charge in [0.05, 0.1) is 12.1 Å². The van der Waals surface area contributed by atoms with Gasteiger partial charge in [-0.15, -0.1) is 0 Å². The Morgan fingerprint density at radius 1 is 1.00 bits per heavy atom. The van der Waals surface area contributed by atoms with Crippen LogP contribution in [0.3, 0.4) is 0 Å². The number of nitrogens with one attached hydrogen (secondary N) is 2. The predicted molar refractivity (Wildman–Crippen MR) is 120 cm³/mol. The minimum absolute atomic E-state index is 0.141. The van der Waals surface area contributed by atoms with Crippen LogP contribution in [0.1, 0.15) is 56.2 Å². The lowest BCUT2D eigenvalue weighted by atomic mass is 10.00. The Labute approximate surface area is 184 Å². The molecule has 2 rings (SSSR count). The van der Waals surface area contributed by atoms with Crippen LogP contribution >= 0.6 is 0 Å². The van der Waals surface area contributed by atoms with Crippen molar-refractivity contribution in [1.29, 1.82) is 0 Å². The van der Waals surface area contributed by atoms with Crippen molar-refractivity contribution >= 4 is 5.91 Å². The maximum absolute atomic E-state index is 13.6. The van der Waals surface area contributed by atoms with Gasteiger partial charge >= 0.3 is 0 Å². The second-order valence-electron chi connectivity index (χ2n) is 7.98. The first-order chi connectivity index (χ1) is 14.9. The van der Waals surface area contributed by atoms with Crippen LogP contribution in [0.15, 0.2) is 42.5 Å². The number of carbonyl (C=O) groups is 1. The molecule has 2 atom stereocenters. The van der Waals surface area contributed by atoms with Gasteiger partial charge in [0.1, 0.15) is 11.6 Å². The van der Waals surface area contributed by atoms with E-state index in [4.69, 9.17) is 0 Å². The lowest BCUT2D eigenvalue weighted by Crippen LogP contribution is -2.48. The zero-order chi connectivity index (χ0) is 22.6. The second-order valence-corrected chi connectivity index (χ2v) is 7.98. The Hall–Kier alpha value is -2.31. The molecule has 31 heavy (non-hydrogen) atoms. The van der Waals surface area contributed by atoms with Crippen molar-refractivity contribution in [1.82, 2.24) is 10.6 Å². The normalized spacial score (nSPS) is 13.1. The zero-order valence-electron chi connectivity index (χ0n) is 18.5. The van der Waals surface area contributed by atoms with Crippen LogP contribution < -0.4 is 10.6 Å². The van der Waals surface area contributed by atoms with Crippen molar-refractivity contribution in [3.8, 4) is 0 Å². The van der Waals surface area contributed by atoms with Crippen LogP contribution in [0.5, 0.6) is 0 Å². The molecule has 170 valence electrons. The number of amides is 1. The summed E-state index contributed by atoms with van der Waals surface area (Å²) in [5.41, 5.74) is 2.75. The van der Waals surface area contributed by atoms with Crippen molar-refractivity contribution in [2.24, 2.45) is 0 Å². The summed E-state index contributed by atoms with van der Waals surface area (Å²) in [5.74, 6) is -1.51. The van der Waals surface area contributed by atoms with Crippen molar-refractivity contribution in [3.05, 3.63) is 70.8 Å². The fraction of sp³-hybridized carbons (Fsp3) is 0.480. The summed E-state index contributed by atoms with van der Waals surface area (Å²) in [6.45, 7) is 4.98. The standard InChI is InChI=1S/C25H34F2N2O2/c1-3-5-6-10-25(31)29-23(14-20-12-21(26)15-22(27)13-20)24(30)17-28-16-19-9-7-8-18(4-2)11-19/h7-9,11-13,15,23-24,28,30H,3-6,10,14,16-17H2,1-2H3,(H,29,31)/t23-,24+/m0/s1. The van der Waals surface area contributed by atoms with Crippen LogP contribution in [0.25, 0.3) is 0 Å². The van der Waals surface area contributed by atoms with Gasteiger partial charge in [-0.05, 0) is 48.1 Å². The van der Waals surface area contributed by atoms with E-state index in [2.05, 4.69) is 36.6 Å². The van der Waals surface area contributed by atoms with Crippen LogP contribution in [-0.4, -0.2) is 29.7 Å². The van der Waals surface area contributed by atoms with Gasteiger partial charge < -0.3 is 15.7 Å². The number of unbranched alkanes of at least 4 members (excludes halogenated alkanes) is 2. The molecule has 1 amide bonds. The third kappa shape index (κ3) is 9.15. The fourth-order valence-electron chi connectivity index (χ4n) is 3.55. The molecule has 4 nitrogen and oxygen atoms in total. The number of aliphatic hydroxyl groups is 1. The molecular weight excluding hydrogens is 398 g/mol. The summed E-state index contributed by atoms with van der Waals surface area (Å²) in [7, 11) is 0. The van der Waals surface area contributed by atoms with Crippen LogP contribution in [0, 0.1) is 11.6 Å². The number of benzene rings is 2. The van der Waals surface area contributed by atoms with Crippen LogP contribution in [0.2, 0.25) is 0 Å². The largest absolute Gasteiger partial charge is 0.390 e. The molecule has 6 heteroatoms. The molecule has 0 unspecified atom stereocenters. The molecule has 0 radical (unpaired) electrons. The van der Waals surface area contributed by atoms with Gasteiger partial charge in [-0.3, -0.25) is 4.79 Å². The minimum atomic E-state index is -0.907. The van der Waals surface area contributed by atoms with Crippen molar-refractivity contribution in [2.75, 3.05) is 6.54 Å². The number of halogens is 2. The first-order valence-corrected chi connectivity index (χ1v) is 11.1. The number of rotatable bonds is 13. The van der Waals surface area contributed by atoms with E-state index in [1.807, 2.05) is 12.1 Å². The molecule has 0 saturated heterocycles. The maximum atomic E-state index is 13.6. The highest BCUT2D eigenvalue weighted by atomic mass is 19.1. The van der Waals surface area contributed by atoms with Gasteiger partial charge in [-0.25, -0.2) is 8.78 Å². The van der Waals surface area contributed by atoms with Crippen molar-refractivity contribution in [3.63, 3.8) is 0 Å². The van der Waals surface area contributed by atoms with E-state index < -0.39 is 23.8 Å². The lowest BCUT2D eigenvalue weighted by molar-refractivity contribution is -0.122. The number of hydrogen-bond donors (Lipinski definition) is 3. The maximum Gasteiger partial charge on any atom is 0.220 e. The predicted octanol–water partition coefficient (Wildman–Crippen LogP) is 4.29. The van der Waals surface area contributed by atoms with E-state index in [-0.39, 0.29) is 18.9 Å². The summed E-state index contributed by atoms with van der Waals surface area (Å²) in [4.78, 5) is 12.3. The molecule has 0 fully saturated rings. The van der Waals surface area contributed by atoms with Crippen molar-refractivity contribution in [2.45, 2.75) is 71.1 Å². The highest BCUT2D eigenvalue weighted by Crippen LogP contribution is 2.13. The lowest BCUT2D eigenvalue weighted by Gasteiger charge is -2.25. The molecule has 0 heterocycles.